The highest BCUT2D eigenvalue weighted by atomic mass is 15.3. The fourth-order valence-electron chi connectivity index (χ4n) is 2.37. The van der Waals surface area contributed by atoms with E-state index in [0.717, 1.165) is 30.9 Å². The highest BCUT2D eigenvalue weighted by Gasteiger charge is 2.15. The molecule has 1 aliphatic rings. The number of hydrogen-bond donors (Lipinski definition) is 1. The second kappa shape index (κ2) is 4.76. The van der Waals surface area contributed by atoms with Gasteiger partial charge in [-0.3, -0.25) is 4.68 Å². The Kier molecular flexibility index (Phi) is 2.96. The molecule has 0 aromatic carbocycles. The van der Waals surface area contributed by atoms with E-state index >= 15 is 0 Å². The van der Waals surface area contributed by atoms with E-state index in [-0.39, 0.29) is 0 Å². The van der Waals surface area contributed by atoms with E-state index in [4.69, 9.17) is 0 Å². The number of nitrogens with zero attached hydrogens (tertiary/aromatic N) is 4. The largest absolute Gasteiger partial charge is 0.337 e. The van der Waals surface area contributed by atoms with E-state index in [0.29, 0.717) is 0 Å². The van der Waals surface area contributed by atoms with Crippen molar-refractivity contribution in [1.82, 2.24) is 19.7 Å². The van der Waals surface area contributed by atoms with Gasteiger partial charge < -0.3 is 5.32 Å². The molecule has 2 aromatic heterocycles. The van der Waals surface area contributed by atoms with Gasteiger partial charge in [-0.1, -0.05) is 0 Å². The molecule has 5 heteroatoms. The minimum absolute atomic E-state index is 0.879. The van der Waals surface area contributed by atoms with Crippen molar-refractivity contribution in [3.8, 4) is 0 Å². The van der Waals surface area contributed by atoms with Crippen molar-refractivity contribution < 1.29 is 0 Å². The molecule has 0 atom stereocenters. The number of aryl methyl sites for hydroxylation is 2. The van der Waals surface area contributed by atoms with Gasteiger partial charge in [0.05, 0.1) is 11.9 Å². The van der Waals surface area contributed by atoms with Gasteiger partial charge in [0.2, 0.25) is 0 Å². The second-order valence-electron chi connectivity index (χ2n) is 4.56. The average Bonchev–Trinajstić information content (AvgIpc) is 2.87. The monoisotopic (exact) mass is 243 g/mol. The van der Waals surface area contributed by atoms with Crippen molar-refractivity contribution in [3.05, 3.63) is 30.0 Å². The van der Waals surface area contributed by atoms with Gasteiger partial charge in [-0.15, -0.1) is 0 Å². The molecular weight excluding hydrogens is 226 g/mol. The molecule has 2 aromatic rings. The van der Waals surface area contributed by atoms with Crippen LogP contribution in [-0.4, -0.2) is 19.7 Å². The zero-order chi connectivity index (χ0) is 12.4. The van der Waals surface area contributed by atoms with Crippen molar-refractivity contribution >= 4 is 11.5 Å². The minimum Gasteiger partial charge on any atom is -0.337 e. The number of fused-ring (bicyclic) bond motifs is 1. The highest BCUT2D eigenvalue weighted by molar-refractivity contribution is 5.58. The molecule has 5 nitrogen and oxygen atoms in total. The van der Waals surface area contributed by atoms with Crippen molar-refractivity contribution in [2.24, 2.45) is 0 Å². The predicted octanol–water partition coefficient (Wildman–Crippen LogP) is 2.32. The molecule has 1 N–H and O–H groups in total. The molecule has 0 amide bonds. The van der Waals surface area contributed by atoms with Crippen molar-refractivity contribution in [1.29, 1.82) is 0 Å². The summed E-state index contributed by atoms with van der Waals surface area (Å²) >= 11 is 0. The third kappa shape index (κ3) is 2.08. The Morgan fingerprint density at radius 3 is 3.00 bits per heavy atom. The van der Waals surface area contributed by atoms with E-state index in [1.165, 1.54) is 24.1 Å². The molecule has 3 rings (SSSR count). The van der Waals surface area contributed by atoms with Crippen LogP contribution in [0.1, 0.15) is 31.0 Å². The first-order valence-electron chi connectivity index (χ1n) is 6.49. The molecule has 0 bridgehead atoms. The lowest BCUT2D eigenvalue weighted by Gasteiger charge is -2.17. The molecule has 0 unspecified atom stereocenters. The molecule has 1 aliphatic carbocycles. The van der Waals surface area contributed by atoms with E-state index < -0.39 is 0 Å². The molecule has 0 spiro atoms. The first-order valence-corrected chi connectivity index (χ1v) is 6.49. The Morgan fingerprint density at radius 1 is 1.28 bits per heavy atom. The summed E-state index contributed by atoms with van der Waals surface area (Å²) in [7, 11) is 0. The molecule has 2 heterocycles. The van der Waals surface area contributed by atoms with Gasteiger partial charge in [0.15, 0.2) is 0 Å². The van der Waals surface area contributed by atoms with Crippen LogP contribution in [0.25, 0.3) is 0 Å². The molecular formula is C13H17N5. The number of hydrogen-bond acceptors (Lipinski definition) is 4. The fourth-order valence-corrected chi connectivity index (χ4v) is 2.37. The lowest BCUT2D eigenvalue weighted by atomic mass is 9.96. The highest BCUT2D eigenvalue weighted by Crippen LogP contribution is 2.26. The van der Waals surface area contributed by atoms with E-state index in [9.17, 15) is 0 Å². The standard InChI is InChI=1S/C13H17N5/c1-2-18-8-10(7-16-18)17-13-11-5-3-4-6-12(11)14-9-15-13/h7-9H,2-6H2,1H3,(H,14,15,17). The number of aromatic nitrogens is 4. The predicted molar refractivity (Wildman–Crippen MR) is 69.9 cm³/mol. The molecule has 0 saturated carbocycles. The summed E-state index contributed by atoms with van der Waals surface area (Å²) in [6, 6.07) is 0. The number of rotatable bonds is 3. The molecule has 0 fully saturated rings. The molecule has 18 heavy (non-hydrogen) atoms. The quantitative estimate of drug-likeness (QED) is 0.898. The maximum Gasteiger partial charge on any atom is 0.137 e. The third-order valence-corrected chi connectivity index (χ3v) is 3.34. The Labute approximate surface area is 106 Å². The van der Waals surface area contributed by atoms with Gasteiger partial charge >= 0.3 is 0 Å². The van der Waals surface area contributed by atoms with Gasteiger partial charge in [0.25, 0.3) is 0 Å². The van der Waals surface area contributed by atoms with Gasteiger partial charge in [-0.05, 0) is 32.6 Å². The lowest BCUT2D eigenvalue weighted by Crippen LogP contribution is -2.09. The summed E-state index contributed by atoms with van der Waals surface area (Å²) in [6.07, 6.45) is 10.1. The summed E-state index contributed by atoms with van der Waals surface area (Å²) in [5, 5.41) is 7.61. The zero-order valence-electron chi connectivity index (χ0n) is 10.6. The van der Waals surface area contributed by atoms with Crippen LogP contribution in [0.4, 0.5) is 11.5 Å². The molecule has 0 radical (unpaired) electrons. The Balaban J connectivity index is 1.88. The van der Waals surface area contributed by atoms with E-state index in [2.05, 4.69) is 27.3 Å². The summed E-state index contributed by atoms with van der Waals surface area (Å²) in [6.45, 7) is 2.95. The SMILES string of the molecule is CCn1cc(Nc2ncnc3c2CCCC3)cn1. The van der Waals surface area contributed by atoms with Crippen LogP contribution < -0.4 is 5.32 Å². The molecule has 94 valence electrons. The van der Waals surface area contributed by atoms with Gasteiger partial charge in [-0.25, -0.2) is 9.97 Å². The number of anilines is 2. The Hall–Kier alpha value is -1.91. The second-order valence-corrected chi connectivity index (χ2v) is 4.56. The lowest BCUT2D eigenvalue weighted by molar-refractivity contribution is 0.660. The van der Waals surface area contributed by atoms with Gasteiger partial charge in [-0.2, -0.15) is 5.10 Å². The van der Waals surface area contributed by atoms with E-state index in [1.807, 2.05) is 17.1 Å². The van der Waals surface area contributed by atoms with Gasteiger partial charge in [0, 0.05) is 24.0 Å². The van der Waals surface area contributed by atoms with Crippen LogP contribution in [0, 0.1) is 0 Å². The van der Waals surface area contributed by atoms with Crippen molar-refractivity contribution in [2.75, 3.05) is 5.32 Å². The Morgan fingerprint density at radius 2 is 2.17 bits per heavy atom. The summed E-state index contributed by atoms with van der Waals surface area (Å²) in [5.41, 5.74) is 3.46. The number of nitrogens with one attached hydrogen (secondary N) is 1. The van der Waals surface area contributed by atoms with Crippen LogP contribution in [0.5, 0.6) is 0 Å². The maximum absolute atomic E-state index is 4.37. The first-order chi connectivity index (χ1) is 8.86. The van der Waals surface area contributed by atoms with Crippen LogP contribution in [0.2, 0.25) is 0 Å². The Bertz CT molecular complexity index is 546. The van der Waals surface area contributed by atoms with Crippen molar-refractivity contribution in [3.63, 3.8) is 0 Å². The maximum atomic E-state index is 4.37. The topological polar surface area (TPSA) is 55.6 Å². The average molecular weight is 243 g/mol. The first kappa shape index (κ1) is 11.2. The van der Waals surface area contributed by atoms with Crippen LogP contribution in [0.3, 0.4) is 0 Å². The van der Waals surface area contributed by atoms with E-state index in [1.54, 1.807) is 6.33 Å². The molecule has 0 aliphatic heterocycles. The summed E-state index contributed by atoms with van der Waals surface area (Å²) < 4.78 is 1.90. The third-order valence-electron chi connectivity index (χ3n) is 3.34. The minimum atomic E-state index is 0.879. The molecule has 0 saturated heterocycles. The normalized spacial score (nSPS) is 14.3. The van der Waals surface area contributed by atoms with Crippen LogP contribution >= 0.6 is 0 Å². The van der Waals surface area contributed by atoms with Crippen LogP contribution in [0.15, 0.2) is 18.7 Å². The fraction of sp³-hybridized carbons (Fsp3) is 0.462. The summed E-state index contributed by atoms with van der Waals surface area (Å²) in [4.78, 5) is 8.73. The summed E-state index contributed by atoms with van der Waals surface area (Å²) in [5.74, 6) is 0.940. The zero-order valence-corrected chi connectivity index (χ0v) is 10.6. The van der Waals surface area contributed by atoms with Crippen LogP contribution in [-0.2, 0) is 19.4 Å². The van der Waals surface area contributed by atoms with Crippen molar-refractivity contribution in [2.45, 2.75) is 39.2 Å². The van der Waals surface area contributed by atoms with Gasteiger partial charge in [0.1, 0.15) is 12.1 Å². The smallest absolute Gasteiger partial charge is 0.137 e.